The number of unbranched alkanes of at least 4 members (excludes halogenated alkanes) is 17. The molecule has 0 aromatic rings. The minimum Gasteiger partial charge on any atom is -0.0654 e. The minimum absolute atomic E-state index is 0.721. The molecule has 1 atom stereocenters. The summed E-state index contributed by atoms with van der Waals surface area (Å²) in [6.07, 6.45) is 30.2. The summed E-state index contributed by atoms with van der Waals surface area (Å²) < 4.78 is 0. The Hall–Kier alpha value is 0. The summed E-state index contributed by atoms with van der Waals surface area (Å²) in [5.41, 5.74) is 0. The van der Waals surface area contributed by atoms with Crippen LogP contribution in [0.5, 0.6) is 0 Å². The fourth-order valence-corrected chi connectivity index (χ4v) is 3.81. The third kappa shape index (κ3) is 22.0. The molecule has 1 unspecified atom stereocenters. The molecule has 0 rings (SSSR count). The predicted molar refractivity (Wildman–Crippen MR) is 117 cm³/mol. The van der Waals surface area contributed by atoms with Crippen molar-refractivity contribution in [1.29, 1.82) is 0 Å². The summed E-state index contributed by atoms with van der Waals surface area (Å²) >= 11 is 0. The van der Waals surface area contributed by atoms with E-state index in [1.165, 1.54) is 135 Å². The average Bonchev–Trinajstić information content (AvgIpc) is 2.61. The molecule has 1 radical (unpaired) electrons. The van der Waals surface area contributed by atoms with Gasteiger partial charge in [0.25, 0.3) is 0 Å². The monoisotopic (exact) mass is 351 g/mol. The van der Waals surface area contributed by atoms with Gasteiger partial charge >= 0.3 is 0 Å². The van der Waals surface area contributed by atoms with Gasteiger partial charge in [-0.15, -0.1) is 0 Å². The lowest BCUT2D eigenvalue weighted by Gasteiger charge is -2.10. The summed E-state index contributed by atoms with van der Waals surface area (Å²) in [5, 5.41) is 0. The van der Waals surface area contributed by atoms with Crippen LogP contribution in [0.1, 0.15) is 149 Å². The molecule has 0 saturated carbocycles. The van der Waals surface area contributed by atoms with Gasteiger partial charge < -0.3 is 0 Å². The first kappa shape index (κ1) is 25.0. The summed E-state index contributed by atoms with van der Waals surface area (Å²) in [5.74, 6) is 0.721. The van der Waals surface area contributed by atoms with Gasteiger partial charge in [-0.05, 0) is 5.92 Å². The van der Waals surface area contributed by atoms with Crippen molar-refractivity contribution in [2.45, 2.75) is 149 Å². The van der Waals surface area contributed by atoms with E-state index in [9.17, 15) is 0 Å². The molecule has 25 heavy (non-hydrogen) atoms. The maximum absolute atomic E-state index is 4.32. The Morgan fingerprint density at radius 3 is 1.00 bits per heavy atom. The van der Waals surface area contributed by atoms with Gasteiger partial charge in [0.2, 0.25) is 0 Å². The Morgan fingerprint density at radius 2 is 0.640 bits per heavy atom. The lowest BCUT2D eigenvalue weighted by Crippen LogP contribution is -1.95. The van der Waals surface area contributed by atoms with Crippen LogP contribution in [0.15, 0.2) is 0 Å². The first-order valence-corrected chi connectivity index (χ1v) is 12.1. The van der Waals surface area contributed by atoms with E-state index in [0.717, 1.165) is 5.92 Å². The third-order valence-corrected chi connectivity index (χ3v) is 5.68. The maximum Gasteiger partial charge on any atom is -0.0414 e. The van der Waals surface area contributed by atoms with Crippen molar-refractivity contribution in [2.75, 3.05) is 0 Å². The first-order chi connectivity index (χ1) is 12.3. The number of rotatable bonds is 21. The van der Waals surface area contributed by atoms with Crippen molar-refractivity contribution < 1.29 is 0 Å². The lowest BCUT2D eigenvalue weighted by atomic mass is 9.96. The van der Waals surface area contributed by atoms with Gasteiger partial charge in [0.1, 0.15) is 0 Å². The molecule has 0 aliphatic carbocycles. The van der Waals surface area contributed by atoms with E-state index in [0.29, 0.717) is 0 Å². The van der Waals surface area contributed by atoms with Crippen LogP contribution in [0.25, 0.3) is 0 Å². The maximum atomic E-state index is 4.32. The van der Waals surface area contributed by atoms with Crippen LogP contribution in [-0.2, 0) is 0 Å². The van der Waals surface area contributed by atoms with Crippen molar-refractivity contribution in [2.24, 2.45) is 5.92 Å². The molecule has 151 valence electrons. The molecular formula is C25H51. The van der Waals surface area contributed by atoms with Gasteiger partial charge in [-0.25, -0.2) is 0 Å². The Balaban J connectivity index is 3.05. The fraction of sp³-hybridized carbons (Fsp3) is 0.960. The smallest absolute Gasteiger partial charge is 0.0414 e. The number of hydrogen-bond acceptors (Lipinski definition) is 0. The van der Waals surface area contributed by atoms with Crippen LogP contribution in [0, 0.1) is 12.8 Å². The lowest BCUT2D eigenvalue weighted by molar-refractivity contribution is 0.467. The molecule has 0 aromatic heterocycles. The molecule has 0 aromatic carbocycles. The van der Waals surface area contributed by atoms with Crippen LogP contribution >= 0.6 is 0 Å². The minimum atomic E-state index is 0.721. The van der Waals surface area contributed by atoms with E-state index in [1.807, 2.05) is 0 Å². The molecule has 0 heteroatoms. The zero-order chi connectivity index (χ0) is 18.4. The van der Waals surface area contributed by atoms with Crippen LogP contribution < -0.4 is 0 Å². The molecule has 0 nitrogen and oxygen atoms in total. The van der Waals surface area contributed by atoms with E-state index >= 15 is 0 Å². The van der Waals surface area contributed by atoms with E-state index < -0.39 is 0 Å². The van der Waals surface area contributed by atoms with Crippen molar-refractivity contribution in [1.82, 2.24) is 0 Å². The Morgan fingerprint density at radius 1 is 0.400 bits per heavy atom. The summed E-state index contributed by atoms with van der Waals surface area (Å²) in [6.45, 7) is 8.90. The summed E-state index contributed by atoms with van der Waals surface area (Å²) in [7, 11) is 0. The average molecular weight is 352 g/mol. The molecule has 0 N–H and O–H groups in total. The van der Waals surface area contributed by atoms with Crippen LogP contribution in [-0.4, -0.2) is 0 Å². The molecule has 0 aliphatic heterocycles. The molecule has 0 fully saturated rings. The second-order valence-electron chi connectivity index (χ2n) is 8.45. The van der Waals surface area contributed by atoms with Crippen LogP contribution in [0.4, 0.5) is 0 Å². The molecule has 0 amide bonds. The van der Waals surface area contributed by atoms with Gasteiger partial charge in [0.05, 0.1) is 0 Å². The Kier molecular flexibility index (Phi) is 22.0. The van der Waals surface area contributed by atoms with Gasteiger partial charge in [0.15, 0.2) is 0 Å². The first-order valence-electron chi connectivity index (χ1n) is 12.1. The fourth-order valence-electron chi connectivity index (χ4n) is 3.81. The predicted octanol–water partition coefficient (Wildman–Crippen LogP) is 9.67. The third-order valence-electron chi connectivity index (χ3n) is 5.68. The van der Waals surface area contributed by atoms with Crippen molar-refractivity contribution >= 4 is 0 Å². The highest BCUT2D eigenvalue weighted by Crippen LogP contribution is 2.18. The highest BCUT2D eigenvalue weighted by atomic mass is 14.1. The molecule has 0 aliphatic rings. The molecule has 0 bridgehead atoms. The Bertz CT molecular complexity index is 220. The molecule has 0 saturated heterocycles. The van der Waals surface area contributed by atoms with Crippen LogP contribution in [0.2, 0.25) is 0 Å². The quantitative estimate of drug-likeness (QED) is 0.180. The summed E-state index contributed by atoms with van der Waals surface area (Å²) in [4.78, 5) is 0. The van der Waals surface area contributed by atoms with Gasteiger partial charge in [-0.1, -0.05) is 156 Å². The summed E-state index contributed by atoms with van der Waals surface area (Å²) in [6, 6.07) is 0. The van der Waals surface area contributed by atoms with E-state index in [2.05, 4.69) is 20.8 Å². The Labute approximate surface area is 161 Å². The zero-order valence-electron chi connectivity index (χ0n) is 18.1. The molecule has 0 heterocycles. The van der Waals surface area contributed by atoms with Crippen LogP contribution in [0.3, 0.4) is 0 Å². The second kappa shape index (κ2) is 22.0. The van der Waals surface area contributed by atoms with Crippen molar-refractivity contribution in [3.8, 4) is 0 Å². The SMILES string of the molecule is [CH2]C(CCCCC)CCCCCCCCCCCCCCCCCC. The standard InChI is InChI=1S/C25H51/c1-4-6-8-9-10-11-12-13-14-15-16-17-18-19-20-22-24-25(3)23-21-7-5-2/h25H,3-24H2,1-2H3. The highest BCUT2D eigenvalue weighted by Gasteiger charge is 2.01. The van der Waals surface area contributed by atoms with E-state index in [-0.39, 0.29) is 0 Å². The van der Waals surface area contributed by atoms with Crippen molar-refractivity contribution in [3.05, 3.63) is 6.92 Å². The van der Waals surface area contributed by atoms with E-state index in [4.69, 9.17) is 0 Å². The normalized spacial score (nSPS) is 12.6. The second-order valence-corrected chi connectivity index (χ2v) is 8.45. The van der Waals surface area contributed by atoms with E-state index in [1.54, 1.807) is 0 Å². The van der Waals surface area contributed by atoms with Gasteiger partial charge in [-0.3, -0.25) is 0 Å². The number of hydrogen-bond donors (Lipinski definition) is 0. The topological polar surface area (TPSA) is 0 Å². The van der Waals surface area contributed by atoms with Crippen molar-refractivity contribution in [3.63, 3.8) is 0 Å². The zero-order valence-corrected chi connectivity index (χ0v) is 18.1. The molecule has 0 spiro atoms. The van der Waals surface area contributed by atoms with Gasteiger partial charge in [0, 0.05) is 0 Å². The van der Waals surface area contributed by atoms with Gasteiger partial charge in [-0.2, -0.15) is 0 Å². The largest absolute Gasteiger partial charge is 0.0654 e. The molecular weight excluding hydrogens is 300 g/mol. The highest BCUT2D eigenvalue weighted by molar-refractivity contribution is 4.61.